The minimum atomic E-state index is -0.0524. The van der Waals surface area contributed by atoms with Crippen LogP contribution in [0, 0.1) is 13.8 Å². The monoisotopic (exact) mass is 346 g/mol. The predicted octanol–water partition coefficient (Wildman–Crippen LogP) is 3.64. The quantitative estimate of drug-likeness (QED) is 0.712. The van der Waals surface area contributed by atoms with E-state index in [1.165, 1.54) is 11.1 Å². The van der Waals surface area contributed by atoms with Crippen LogP contribution < -0.4 is 0 Å². The van der Waals surface area contributed by atoms with Gasteiger partial charge in [-0.1, -0.05) is 41.6 Å². The summed E-state index contributed by atoms with van der Waals surface area (Å²) in [5.74, 6) is -0.0524. The maximum Gasteiger partial charge on any atom is 0.276 e. The van der Waals surface area contributed by atoms with Crippen LogP contribution in [-0.4, -0.2) is 32.3 Å². The number of nitrogens with zero attached hydrogens (tertiary/aromatic N) is 4. The van der Waals surface area contributed by atoms with Gasteiger partial charge >= 0.3 is 0 Å². The molecule has 0 aliphatic carbocycles. The van der Waals surface area contributed by atoms with Crippen LogP contribution in [0.15, 0.2) is 48.5 Å². The summed E-state index contributed by atoms with van der Waals surface area (Å²) in [6.45, 7) is 6.72. The van der Waals surface area contributed by atoms with E-state index in [9.17, 15) is 4.79 Å². The Morgan fingerprint density at radius 3 is 2.73 bits per heavy atom. The Morgan fingerprint density at radius 2 is 1.92 bits per heavy atom. The molecule has 1 unspecified atom stereocenters. The van der Waals surface area contributed by atoms with Crippen LogP contribution in [0.3, 0.4) is 0 Å². The molecule has 1 atom stereocenters. The highest BCUT2D eigenvalue weighted by molar-refractivity contribution is 5.93. The summed E-state index contributed by atoms with van der Waals surface area (Å²) in [5, 5.41) is 8.44. The second-order valence-electron chi connectivity index (χ2n) is 6.90. The first-order chi connectivity index (χ1) is 12.6. The van der Waals surface area contributed by atoms with E-state index in [2.05, 4.69) is 35.4 Å². The molecule has 0 spiro atoms. The first kappa shape index (κ1) is 16.5. The fourth-order valence-electron chi connectivity index (χ4n) is 3.72. The highest BCUT2D eigenvalue weighted by Crippen LogP contribution is 2.30. The Labute approximate surface area is 153 Å². The van der Waals surface area contributed by atoms with Gasteiger partial charge in [-0.15, -0.1) is 5.10 Å². The standard InChI is InChI=1S/C21H22N4O/c1-14-7-6-9-18(13-14)25-16(3)20(22-23-25)21(26)24-12-11-17-8-4-5-10-19(17)15(24)2/h4-10,13,15H,11-12H2,1-3H3. The number of aromatic nitrogens is 3. The normalized spacial score (nSPS) is 16.4. The van der Waals surface area contributed by atoms with E-state index in [4.69, 9.17) is 0 Å². The van der Waals surface area contributed by atoms with E-state index in [1.54, 1.807) is 4.68 Å². The van der Waals surface area contributed by atoms with Crippen molar-refractivity contribution in [2.24, 2.45) is 0 Å². The molecule has 3 aromatic rings. The molecule has 26 heavy (non-hydrogen) atoms. The highest BCUT2D eigenvalue weighted by Gasteiger charge is 2.31. The third-order valence-electron chi connectivity index (χ3n) is 5.20. The molecule has 132 valence electrons. The lowest BCUT2D eigenvalue weighted by Crippen LogP contribution is -2.39. The molecule has 0 bridgehead atoms. The Hall–Kier alpha value is -2.95. The van der Waals surface area contributed by atoms with E-state index >= 15 is 0 Å². The first-order valence-electron chi connectivity index (χ1n) is 8.94. The third-order valence-corrected chi connectivity index (χ3v) is 5.20. The summed E-state index contributed by atoms with van der Waals surface area (Å²) in [6, 6.07) is 16.4. The van der Waals surface area contributed by atoms with Crippen molar-refractivity contribution in [2.75, 3.05) is 6.54 Å². The van der Waals surface area contributed by atoms with Crippen molar-refractivity contribution in [3.8, 4) is 5.69 Å². The average molecular weight is 346 g/mol. The topological polar surface area (TPSA) is 51.0 Å². The molecule has 5 nitrogen and oxygen atoms in total. The minimum Gasteiger partial charge on any atom is -0.330 e. The molecule has 2 heterocycles. The van der Waals surface area contributed by atoms with Crippen LogP contribution in [0.2, 0.25) is 0 Å². The Balaban J connectivity index is 1.66. The maximum absolute atomic E-state index is 13.2. The van der Waals surface area contributed by atoms with Crippen molar-refractivity contribution in [2.45, 2.75) is 33.2 Å². The van der Waals surface area contributed by atoms with Gasteiger partial charge in [0.25, 0.3) is 5.91 Å². The molecule has 0 radical (unpaired) electrons. The molecule has 1 aromatic heterocycles. The number of hydrogen-bond acceptors (Lipinski definition) is 3. The molecule has 1 aliphatic heterocycles. The van der Waals surface area contributed by atoms with Gasteiger partial charge in [-0.2, -0.15) is 0 Å². The van der Waals surface area contributed by atoms with Crippen LogP contribution in [0.4, 0.5) is 0 Å². The summed E-state index contributed by atoms with van der Waals surface area (Å²) >= 11 is 0. The van der Waals surface area contributed by atoms with Crippen LogP contribution in [0.25, 0.3) is 5.69 Å². The number of rotatable bonds is 2. The lowest BCUT2D eigenvalue weighted by molar-refractivity contribution is 0.0670. The third kappa shape index (κ3) is 2.69. The van der Waals surface area contributed by atoms with Gasteiger partial charge in [-0.3, -0.25) is 4.79 Å². The molecule has 1 amide bonds. The van der Waals surface area contributed by atoms with Crippen molar-refractivity contribution in [3.05, 3.63) is 76.6 Å². The largest absolute Gasteiger partial charge is 0.330 e. The summed E-state index contributed by atoms with van der Waals surface area (Å²) < 4.78 is 1.74. The zero-order valence-electron chi connectivity index (χ0n) is 15.3. The Bertz CT molecular complexity index is 976. The summed E-state index contributed by atoms with van der Waals surface area (Å²) in [5.41, 5.74) is 5.81. The summed E-state index contributed by atoms with van der Waals surface area (Å²) in [6.07, 6.45) is 0.872. The SMILES string of the molecule is Cc1cccc(-n2nnc(C(=O)N3CCc4ccccc4C3C)c2C)c1. The molecular formula is C21H22N4O. The molecule has 0 saturated carbocycles. The Kier molecular flexibility index (Phi) is 4.07. The number of hydrogen-bond donors (Lipinski definition) is 0. The number of aryl methyl sites for hydroxylation is 1. The van der Waals surface area contributed by atoms with Gasteiger partial charge in [0.2, 0.25) is 0 Å². The molecule has 2 aromatic carbocycles. The second-order valence-corrected chi connectivity index (χ2v) is 6.90. The van der Waals surface area contributed by atoms with Gasteiger partial charge in [0.15, 0.2) is 5.69 Å². The van der Waals surface area contributed by atoms with Crippen LogP contribution in [-0.2, 0) is 6.42 Å². The number of fused-ring (bicyclic) bond motifs is 1. The number of carbonyl (C=O) groups is 1. The van der Waals surface area contributed by atoms with Crippen LogP contribution in [0.1, 0.15) is 45.8 Å². The molecule has 4 rings (SSSR count). The van der Waals surface area contributed by atoms with Gasteiger partial charge < -0.3 is 4.90 Å². The number of carbonyl (C=O) groups excluding carboxylic acids is 1. The van der Waals surface area contributed by atoms with E-state index in [0.717, 1.165) is 23.4 Å². The van der Waals surface area contributed by atoms with Crippen molar-refractivity contribution in [1.29, 1.82) is 0 Å². The number of amides is 1. The van der Waals surface area contributed by atoms with E-state index < -0.39 is 0 Å². The maximum atomic E-state index is 13.2. The fraction of sp³-hybridized carbons (Fsp3) is 0.286. The summed E-state index contributed by atoms with van der Waals surface area (Å²) in [7, 11) is 0. The van der Waals surface area contributed by atoms with Crippen molar-refractivity contribution >= 4 is 5.91 Å². The smallest absolute Gasteiger partial charge is 0.276 e. The zero-order chi connectivity index (χ0) is 18.3. The molecule has 5 heteroatoms. The van der Waals surface area contributed by atoms with E-state index in [-0.39, 0.29) is 11.9 Å². The number of benzene rings is 2. The van der Waals surface area contributed by atoms with Gasteiger partial charge in [-0.05, 0) is 56.0 Å². The molecule has 0 N–H and O–H groups in total. The second kappa shape index (κ2) is 6.41. The van der Waals surface area contributed by atoms with Gasteiger partial charge in [0, 0.05) is 6.54 Å². The molecular weight excluding hydrogens is 324 g/mol. The lowest BCUT2D eigenvalue weighted by atomic mass is 9.93. The summed E-state index contributed by atoms with van der Waals surface area (Å²) in [4.78, 5) is 15.1. The fourth-order valence-corrected chi connectivity index (χ4v) is 3.72. The van der Waals surface area contributed by atoms with E-state index in [1.807, 2.05) is 49.1 Å². The highest BCUT2D eigenvalue weighted by atomic mass is 16.2. The van der Waals surface area contributed by atoms with Gasteiger partial charge in [0.1, 0.15) is 0 Å². The van der Waals surface area contributed by atoms with Crippen LogP contribution >= 0.6 is 0 Å². The predicted molar refractivity (Wildman–Crippen MR) is 100 cm³/mol. The van der Waals surface area contributed by atoms with Gasteiger partial charge in [-0.25, -0.2) is 4.68 Å². The molecule has 0 saturated heterocycles. The molecule has 0 fully saturated rings. The van der Waals surface area contributed by atoms with Gasteiger partial charge in [0.05, 0.1) is 17.4 Å². The lowest BCUT2D eigenvalue weighted by Gasteiger charge is -2.34. The molecule has 1 aliphatic rings. The van der Waals surface area contributed by atoms with Crippen molar-refractivity contribution < 1.29 is 4.79 Å². The average Bonchev–Trinajstić information content (AvgIpc) is 3.03. The first-order valence-corrected chi connectivity index (χ1v) is 8.94. The van der Waals surface area contributed by atoms with Crippen molar-refractivity contribution in [1.82, 2.24) is 19.9 Å². The minimum absolute atomic E-state index is 0.0379. The van der Waals surface area contributed by atoms with Crippen LogP contribution in [0.5, 0.6) is 0 Å². The van der Waals surface area contributed by atoms with Crippen molar-refractivity contribution in [3.63, 3.8) is 0 Å². The van der Waals surface area contributed by atoms with E-state index in [0.29, 0.717) is 12.2 Å². The Morgan fingerprint density at radius 1 is 1.12 bits per heavy atom. The zero-order valence-corrected chi connectivity index (χ0v) is 15.3.